The molecule has 1 saturated carbocycles. The minimum Gasteiger partial charge on any atom is -0.454 e. The van der Waals surface area contributed by atoms with Gasteiger partial charge < -0.3 is 19.3 Å². The van der Waals surface area contributed by atoms with Crippen LogP contribution in [0.4, 0.5) is 0 Å². The zero-order valence-electron chi connectivity index (χ0n) is 21.0. The third-order valence-corrected chi connectivity index (χ3v) is 8.37. The zero-order chi connectivity index (χ0) is 24.6. The highest BCUT2D eigenvalue weighted by Gasteiger charge is 2.46. The summed E-state index contributed by atoms with van der Waals surface area (Å²) in [6.45, 7) is 6.19. The number of hydrogen-bond acceptors (Lipinski definition) is 5. The first-order valence-corrected chi connectivity index (χ1v) is 13.5. The Balaban J connectivity index is 1.36. The number of fused-ring (bicyclic) bond motifs is 2. The average Bonchev–Trinajstić information content (AvgIpc) is 3.62. The summed E-state index contributed by atoms with van der Waals surface area (Å²) in [5.41, 5.74) is 2.39. The number of benzene rings is 2. The first-order valence-electron chi connectivity index (χ1n) is 13.5. The van der Waals surface area contributed by atoms with Gasteiger partial charge in [0.25, 0.3) is 5.91 Å². The predicted molar refractivity (Wildman–Crippen MR) is 136 cm³/mol. The van der Waals surface area contributed by atoms with Gasteiger partial charge in [0.2, 0.25) is 12.7 Å². The zero-order valence-corrected chi connectivity index (χ0v) is 21.0. The SMILES string of the molecule is CCCN1C(=O)c2ccccc2C(C(=O)N2CCN(C3CCCC3)CC2)C1c1ccc2c(c1)OCO2. The van der Waals surface area contributed by atoms with E-state index in [4.69, 9.17) is 9.47 Å². The van der Waals surface area contributed by atoms with E-state index in [1.54, 1.807) is 0 Å². The molecule has 3 aliphatic heterocycles. The largest absolute Gasteiger partial charge is 0.454 e. The molecule has 2 atom stereocenters. The van der Waals surface area contributed by atoms with Crippen molar-refractivity contribution >= 4 is 11.8 Å². The normalized spacial score (nSPS) is 24.3. The van der Waals surface area contributed by atoms with E-state index in [-0.39, 0.29) is 24.6 Å². The van der Waals surface area contributed by atoms with E-state index >= 15 is 0 Å². The second-order valence-electron chi connectivity index (χ2n) is 10.4. The van der Waals surface area contributed by atoms with Gasteiger partial charge in [0.1, 0.15) is 0 Å². The van der Waals surface area contributed by atoms with E-state index in [0.717, 1.165) is 43.7 Å². The van der Waals surface area contributed by atoms with Crippen molar-refractivity contribution in [2.24, 2.45) is 0 Å². The quantitative estimate of drug-likeness (QED) is 0.630. The highest BCUT2D eigenvalue weighted by Crippen LogP contribution is 2.46. The molecule has 7 nitrogen and oxygen atoms in total. The van der Waals surface area contributed by atoms with Crippen LogP contribution in [0.5, 0.6) is 11.5 Å². The van der Waals surface area contributed by atoms with Gasteiger partial charge >= 0.3 is 0 Å². The van der Waals surface area contributed by atoms with Gasteiger partial charge in [-0.25, -0.2) is 0 Å². The maximum atomic E-state index is 14.3. The van der Waals surface area contributed by atoms with Crippen LogP contribution < -0.4 is 9.47 Å². The van der Waals surface area contributed by atoms with Gasteiger partial charge in [0, 0.05) is 44.3 Å². The van der Waals surface area contributed by atoms with Crippen LogP contribution in [0, 0.1) is 0 Å². The smallest absolute Gasteiger partial charge is 0.254 e. The van der Waals surface area contributed by atoms with Crippen molar-refractivity contribution in [2.75, 3.05) is 39.5 Å². The summed E-state index contributed by atoms with van der Waals surface area (Å²) >= 11 is 0. The summed E-state index contributed by atoms with van der Waals surface area (Å²) < 4.78 is 11.2. The summed E-state index contributed by atoms with van der Waals surface area (Å²) in [5.74, 6) is 1.03. The van der Waals surface area contributed by atoms with Crippen LogP contribution in [0.2, 0.25) is 0 Å². The molecule has 0 aromatic heterocycles. The molecule has 7 heteroatoms. The predicted octanol–water partition coefficient (Wildman–Crippen LogP) is 4.19. The van der Waals surface area contributed by atoms with Crippen LogP contribution in [-0.2, 0) is 4.79 Å². The van der Waals surface area contributed by atoms with Crippen molar-refractivity contribution in [1.29, 1.82) is 0 Å². The lowest BCUT2D eigenvalue weighted by atomic mass is 9.78. The number of carbonyl (C=O) groups is 2. The number of hydrogen-bond donors (Lipinski definition) is 0. The number of carbonyl (C=O) groups excluding carboxylic acids is 2. The van der Waals surface area contributed by atoms with Gasteiger partial charge in [-0.15, -0.1) is 0 Å². The van der Waals surface area contributed by atoms with Crippen molar-refractivity contribution < 1.29 is 19.1 Å². The fraction of sp³-hybridized carbons (Fsp3) is 0.517. The molecule has 2 amide bonds. The summed E-state index contributed by atoms with van der Waals surface area (Å²) in [5, 5.41) is 0. The van der Waals surface area contributed by atoms with Gasteiger partial charge in [-0.1, -0.05) is 44.0 Å². The Morgan fingerprint density at radius 1 is 0.972 bits per heavy atom. The van der Waals surface area contributed by atoms with Gasteiger partial charge in [-0.2, -0.15) is 0 Å². The van der Waals surface area contributed by atoms with Crippen molar-refractivity contribution in [1.82, 2.24) is 14.7 Å². The Kier molecular flexibility index (Phi) is 6.34. The van der Waals surface area contributed by atoms with Gasteiger partial charge in [-0.05, 0) is 48.6 Å². The third kappa shape index (κ3) is 4.03. The molecule has 0 radical (unpaired) electrons. The lowest BCUT2D eigenvalue weighted by Crippen LogP contribution is -2.54. The Morgan fingerprint density at radius 3 is 2.50 bits per heavy atom. The van der Waals surface area contributed by atoms with Crippen molar-refractivity contribution in [3.05, 3.63) is 59.2 Å². The fourth-order valence-corrected chi connectivity index (χ4v) is 6.59. The van der Waals surface area contributed by atoms with Gasteiger partial charge in [0.05, 0.1) is 12.0 Å². The minimum atomic E-state index is -0.455. The van der Waals surface area contributed by atoms with Gasteiger partial charge in [-0.3, -0.25) is 14.5 Å². The lowest BCUT2D eigenvalue weighted by molar-refractivity contribution is -0.136. The highest BCUT2D eigenvalue weighted by atomic mass is 16.7. The van der Waals surface area contributed by atoms with Crippen LogP contribution >= 0.6 is 0 Å². The van der Waals surface area contributed by atoms with Crippen molar-refractivity contribution in [3.8, 4) is 11.5 Å². The average molecular weight is 490 g/mol. The van der Waals surface area contributed by atoms with E-state index in [2.05, 4.69) is 11.8 Å². The molecule has 0 bridgehead atoms. The van der Waals surface area contributed by atoms with E-state index in [1.165, 1.54) is 25.7 Å². The van der Waals surface area contributed by atoms with Crippen LogP contribution in [0.25, 0.3) is 0 Å². The van der Waals surface area contributed by atoms with Crippen molar-refractivity contribution in [2.45, 2.75) is 57.0 Å². The van der Waals surface area contributed by atoms with Gasteiger partial charge in [0.15, 0.2) is 11.5 Å². The monoisotopic (exact) mass is 489 g/mol. The Bertz CT molecular complexity index is 1140. The first kappa shape index (κ1) is 23.3. The number of ether oxygens (including phenoxy) is 2. The summed E-state index contributed by atoms with van der Waals surface area (Å²) in [6, 6.07) is 13.8. The topological polar surface area (TPSA) is 62.3 Å². The van der Waals surface area contributed by atoms with Crippen LogP contribution in [0.15, 0.2) is 42.5 Å². The Morgan fingerprint density at radius 2 is 1.72 bits per heavy atom. The molecule has 0 spiro atoms. The molecule has 0 N–H and O–H groups in total. The van der Waals surface area contributed by atoms with E-state index < -0.39 is 5.92 Å². The lowest BCUT2D eigenvalue weighted by Gasteiger charge is -2.45. The van der Waals surface area contributed by atoms with Crippen LogP contribution in [0.1, 0.15) is 72.5 Å². The van der Waals surface area contributed by atoms with E-state index in [0.29, 0.717) is 29.6 Å². The minimum absolute atomic E-state index is 0.00906. The van der Waals surface area contributed by atoms with Crippen molar-refractivity contribution in [3.63, 3.8) is 0 Å². The second kappa shape index (κ2) is 9.77. The maximum Gasteiger partial charge on any atom is 0.254 e. The molecule has 4 aliphatic rings. The molecular weight excluding hydrogens is 454 g/mol. The molecule has 2 fully saturated rings. The van der Waals surface area contributed by atoms with E-state index in [1.807, 2.05) is 52.3 Å². The second-order valence-corrected chi connectivity index (χ2v) is 10.4. The molecule has 2 aromatic rings. The van der Waals surface area contributed by atoms with Crippen LogP contribution in [0.3, 0.4) is 0 Å². The molecule has 3 heterocycles. The first-order chi connectivity index (χ1) is 17.7. The maximum absolute atomic E-state index is 14.3. The molecular formula is C29H35N3O4. The van der Waals surface area contributed by atoms with E-state index in [9.17, 15) is 9.59 Å². The molecule has 6 rings (SSSR count). The Labute approximate surface area is 212 Å². The fourth-order valence-electron chi connectivity index (χ4n) is 6.59. The number of amides is 2. The number of rotatable bonds is 5. The molecule has 2 unspecified atom stereocenters. The molecule has 2 aromatic carbocycles. The number of nitrogens with zero attached hydrogens (tertiary/aromatic N) is 3. The molecule has 1 aliphatic carbocycles. The standard InChI is InChI=1S/C29H35N3O4/c1-2-13-32-27(20-11-12-24-25(18-20)36-19-35-24)26(22-9-5-6-10-23(22)28(32)33)29(34)31-16-14-30(15-17-31)21-7-3-4-8-21/h5-6,9-12,18,21,26-27H,2-4,7-8,13-17,19H2,1H3. The molecule has 1 saturated heterocycles. The molecule has 36 heavy (non-hydrogen) atoms. The summed E-state index contributed by atoms with van der Waals surface area (Å²) in [7, 11) is 0. The summed E-state index contributed by atoms with van der Waals surface area (Å²) in [6.07, 6.45) is 6.02. The van der Waals surface area contributed by atoms with Crippen LogP contribution in [-0.4, -0.2) is 72.1 Å². The highest BCUT2D eigenvalue weighted by molar-refractivity contribution is 6.01. The number of piperazine rings is 1. The summed E-state index contributed by atoms with van der Waals surface area (Å²) in [4.78, 5) is 34.5. The third-order valence-electron chi connectivity index (χ3n) is 8.37. The Hall–Kier alpha value is -3.06. The molecule has 190 valence electrons.